The van der Waals surface area contributed by atoms with E-state index in [9.17, 15) is 18.0 Å². The largest absolute Gasteiger partial charge is 0.449 e. The molecule has 1 saturated heterocycles. The summed E-state index contributed by atoms with van der Waals surface area (Å²) in [5, 5.41) is 2.14. The number of hydrogen-bond acceptors (Lipinski definition) is 2. The minimum Gasteiger partial charge on any atom is -0.449 e. The van der Waals surface area contributed by atoms with Crippen LogP contribution in [0.3, 0.4) is 0 Å². The third-order valence-corrected chi connectivity index (χ3v) is 3.69. The van der Waals surface area contributed by atoms with Gasteiger partial charge < -0.3 is 10.1 Å². The average molecular weight is 344 g/mol. The fraction of sp³-hybridized carbons (Fsp3) is 0.462. The monoisotopic (exact) mass is 343 g/mol. The van der Waals surface area contributed by atoms with Crippen molar-refractivity contribution in [1.82, 2.24) is 5.32 Å². The lowest BCUT2D eigenvalue weighted by atomic mass is 9.80. The molecule has 1 heterocycles. The SMILES string of the molecule is CC1(C)COC(=O)N[C@@H]1c1cccc(C(F)(F)F)c1Cl.Cl. The topological polar surface area (TPSA) is 38.3 Å². The molecule has 0 aliphatic carbocycles. The first-order chi connectivity index (χ1) is 9.13. The van der Waals surface area contributed by atoms with Crippen molar-refractivity contribution in [2.45, 2.75) is 26.1 Å². The van der Waals surface area contributed by atoms with Crippen molar-refractivity contribution in [3.8, 4) is 0 Å². The summed E-state index contributed by atoms with van der Waals surface area (Å²) in [7, 11) is 0. The maximum Gasteiger partial charge on any atom is 0.417 e. The van der Waals surface area contributed by atoms with Crippen LogP contribution in [-0.4, -0.2) is 12.7 Å². The Balaban J connectivity index is 0.00000220. The van der Waals surface area contributed by atoms with Gasteiger partial charge in [0.15, 0.2) is 0 Å². The number of rotatable bonds is 1. The summed E-state index contributed by atoms with van der Waals surface area (Å²) >= 11 is 5.89. The van der Waals surface area contributed by atoms with E-state index in [0.29, 0.717) is 0 Å². The fourth-order valence-electron chi connectivity index (χ4n) is 2.18. The zero-order valence-electron chi connectivity index (χ0n) is 11.3. The first-order valence-corrected chi connectivity index (χ1v) is 6.29. The van der Waals surface area contributed by atoms with Gasteiger partial charge >= 0.3 is 12.3 Å². The van der Waals surface area contributed by atoms with Crippen molar-refractivity contribution in [2.24, 2.45) is 5.41 Å². The lowest BCUT2D eigenvalue weighted by Crippen LogP contribution is -2.47. The molecule has 1 aromatic rings. The van der Waals surface area contributed by atoms with E-state index in [-0.39, 0.29) is 29.6 Å². The molecule has 0 spiro atoms. The van der Waals surface area contributed by atoms with Crippen molar-refractivity contribution in [3.63, 3.8) is 0 Å². The van der Waals surface area contributed by atoms with E-state index in [1.165, 1.54) is 12.1 Å². The van der Waals surface area contributed by atoms with Crippen LogP contribution in [0, 0.1) is 5.41 Å². The molecule has 3 nitrogen and oxygen atoms in total. The molecule has 1 aliphatic heterocycles. The van der Waals surface area contributed by atoms with Crippen LogP contribution in [0.4, 0.5) is 18.0 Å². The number of nitrogens with one attached hydrogen (secondary N) is 1. The minimum atomic E-state index is -4.54. The molecule has 1 fully saturated rings. The molecule has 8 heteroatoms. The molecular weight excluding hydrogens is 330 g/mol. The Morgan fingerprint density at radius 3 is 2.57 bits per heavy atom. The Morgan fingerprint density at radius 2 is 2.00 bits per heavy atom. The van der Waals surface area contributed by atoms with E-state index >= 15 is 0 Å². The van der Waals surface area contributed by atoms with Crippen LogP contribution in [-0.2, 0) is 10.9 Å². The van der Waals surface area contributed by atoms with Crippen molar-refractivity contribution in [2.75, 3.05) is 6.61 Å². The summed E-state index contributed by atoms with van der Waals surface area (Å²) in [5.74, 6) is 0. The Kier molecular flexibility index (Phi) is 5.05. The Morgan fingerprint density at radius 1 is 1.38 bits per heavy atom. The first-order valence-electron chi connectivity index (χ1n) is 5.92. The van der Waals surface area contributed by atoms with E-state index in [2.05, 4.69) is 5.32 Å². The number of carbonyl (C=O) groups is 1. The van der Waals surface area contributed by atoms with Gasteiger partial charge in [0.2, 0.25) is 0 Å². The average Bonchev–Trinajstić information content (AvgIpc) is 2.31. The summed E-state index contributed by atoms with van der Waals surface area (Å²) in [6.45, 7) is 3.68. The van der Waals surface area contributed by atoms with Crippen molar-refractivity contribution in [3.05, 3.63) is 34.3 Å². The van der Waals surface area contributed by atoms with Crippen molar-refractivity contribution in [1.29, 1.82) is 0 Å². The minimum absolute atomic E-state index is 0. The Hall–Kier alpha value is -1.14. The van der Waals surface area contributed by atoms with Gasteiger partial charge in [0.25, 0.3) is 0 Å². The molecule has 1 aliphatic rings. The Bertz CT molecular complexity index is 547. The molecule has 0 bridgehead atoms. The highest BCUT2D eigenvalue weighted by molar-refractivity contribution is 6.32. The van der Waals surface area contributed by atoms with Crippen LogP contribution in [0.5, 0.6) is 0 Å². The molecule has 0 unspecified atom stereocenters. The van der Waals surface area contributed by atoms with Gasteiger partial charge in [-0.15, -0.1) is 12.4 Å². The zero-order chi connectivity index (χ0) is 15.1. The van der Waals surface area contributed by atoms with E-state index in [4.69, 9.17) is 16.3 Å². The molecular formula is C13H14Cl2F3NO2. The molecule has 21 heavy (non-hydrogen) atoms. The second-order valence-electron chi connectivity index (χ2n) is 5.35. The summed E-state index contributed by atoms with van der Waals surface area (Å²) in [6.07, 6.45) is -5.20. The maximum atomic E-state index is 12.9. The number of cyclic esters (lactones) is 1. The van der Waals surface area contributed by atoms with E-state index in [1.54, 1.807) is 13.8 Å². The van der Waals surface area contributed by atoms with Crippen LogP contribution < -0.4 is 5.32 Å². The third kappa shape index (κ3) is 3.55. The van der Waals surface area contributed by atoms with Gasteiger partial charge in [-0.1, -0.05) is 37.6 Å². The summed E-state index contributed by atoms with van der Waals surface area (Å²) in [5.41, 5.74) is -1.24. The van der Waals surface area contributed by atoms with Gasteiger partial charge in [-0.25, -0.2) is 4.79 Å². The number of hydrogen-bond donors (Lipinski definition) is 1. The fourth-order valence-corrected chi connectivity index (χ4v) is 2.52. The second kappa shape index (κ2) is 5.93. The molecule has 1 aromatic carbocycles. The van der Waals surface area contributed by atoms with Crippen LogP contribution in [0.2, 0.25) is 5.02 Å². The number of alkyl halides is 3. The van der Waals surface area contributed by atoms with Gasteiger partial charge in [0.1, 0.15) is 6.61 Å². The van der Waals surface area contributed by atoms with E-state index < -0.39 is 29.3 Å². The van der Waals surface area contributed by atoms with Gasteiger partial charge in [0.05, 0.1) is 16.6 Å². The predicted molar refractivity (Wildman–Crippen MR) is 74.7 cm³/mol. The van der Waals surface area contributed by atoms with Crippen molar-refractivity contribution >= 4 is 30.1 Å². The Labute approximate surface area is 131 Å². The number of ether oxygens (including phenoxy) is 1. The van der Waals surface area contributed by atoms with Gasteiger partial charge in [-0.3, -0.25) is 0 Å². The number of alkyl carbamates (subject to hydrolysis) is 1. The van der Waals surface area contributed by atoms with Crippen LogP contribution in [0.1, 0.15) is 31.0 Å². The lowest BCUT2D eigenvalue weighted by molar-refractivity contribution is -0.137. The molecule has 0 aromatic heterocycles. The number of amides is 1. The summed E-state index contributed by atoms with van der Waals surface area (Å²) in [6, 6.07) is 3.04. The molecule has 0 radical (unpaired) electrons. The predicted octanol–water partition coefficient (Wildman–Crippen LogP) is 4.59. The molecule has 1 N–H and O–H groups in total. The first kappa shape index (κ1) is 17.9. The lowest BCUT2D eigenvalue weighted by Gasteiger charge is -2.39. The maximum absolute atomic E-state index is 12.9. The zero-order valence-corrected chi connectivity index (χ0v) is 12.8. The highest BCUT2D eigenvalue weighted by atomic mass is 35.5. The van der Waals surface area contributed by atoms with E-state index in [0.717, 1.165) is 6.07 Å². The highest BCUT2D eigenvalue weighted by Crippen LogP contribution is 2.43. The third-order valence-electron chi connectivity index (χ3n) is 3.26. The quantitative estimate of drug-likeness (QED) is 0.809. The van der Waals surface area contributed by atoms with Crippen LogP contribution in [0.25, 0.3) is 0 Å². The van der Waals surface area contributed by atoms with Crippen LogP contribution >= 0.6 is 24.0 Å². The van der Waals surface area contributed by atoms with Gasteiger partial charge in [-0.2, -0.15) is 13.2 Å². The molecule has 1 amide bonds. The molecule has 1 atom stereocenters. The summed E-state index contributed by atoms with van der Waals surface area (Å²) < 4.78 is 43.5. The summed E-state index contributed by atoms with van der Waals surface area (Å²) in [4.78, 5) is 11.3. The molecule has 0 saturated carbocycles. The molecule has 2 rings (SSSR count). The number of benzene rings is 1. The number of carbonyl (C=O) groups excluding carboxylic acids is 1. The highest BCUT2D eigenvalue weighted by Gasteiger charge is 2.41. The van der Waals surface area contributed by atoms with E-state index in [1.807, 2.05) is 0 Å². The van der Waals surface area contributed by atoms with Gasteiger partial charge in [-0.05, 0) is 11.6 Å². The smallest absolute Gasteiger partial charge is 0.417 e. The normalized spacial score (nSPS) is 21.0. The number of halogens is 5. The van der Waals surface area contributed by atoms with Crippen molar-refractivity contribution < 1.29 is 22.7 Å². The molecule has 118 valence electrons. The van der Waals surface area contributed by atoms with Gasteiger partial charge in [0, 0.05) is 5.41 Å². The second-order valence-corrected chi connectivity index (χ2v) is 5.73. The standard InChI is InChI=1S/C13H13ClF3NO2.ClH/c1-12(2)6-20-11(19)18-10(12)7-4-3-5-8(9(7)14)13(15,16)17;/h3-5,10H,6H2,1-2H3,(H,18,19);1H/t10-;/m1./s1. The van der Waals surface area contributed by atoms with Crippen LogP contribution in [0.15, 0.2) is 18.2 Å².